The Morgan fingerprint density at radius 1 is 0.814 bits per heavy atom. The summed E-state index contributed by atoms with van der Waals surface area (Å²) in [6.07, 6.45) is 0.193. The van der Waals surface area contributed by atoms with Gasteiger partial charge in [0.25, 0.3) is 11.8 Å². The number of fused-ring (bicyclic) bond motifs is 3. The molecular weight excluding hydrogens is 552 g/mol. The summed E-state index contributed by atoms with van der Waals surface area (Å²) >= 11 is 0. The highest BCUT2D eigenvalue weighted by Crippen LogP contribution is 2.34. The number of rotatable bonds is 5. The van der Waals surface area contributed by atoms with Crippen molar-refractivity contribution in [2.24, 2.45) is 0 Å². The fourth-order valence-electron chi connectivity index (χ4n) is 6.46. The molecule has 1 aromatic heterocycles. The van der Waals surface area contributed by atoms with Gasteiger partial charge >= 0.3 is 0 Å². The van der Waals surface area contributed by atoms with Crippen LogP contribution < -0.4 is 5.32 Å². The van der Waals surface area contributed by atoms with E-state index in [2.05, 4.69) is 15.1 Å². The summed E-state index contributed by atoms with van der Waals surface area (Å²) in [6.45, 7) is 5.49. The SMILES string of the molecule is CC(c1cc2c(o1)C(=O)c1ccccc1C2=O)N1CCN(Cc2ccc3c(c2)C(=O)N(C2CCC(=O)NC2=O)C3=O)CC1. The van der Waals surface area contributed by atoms with E-state index in [0.717, 1.165) is 36.6 Å². The van der Waals surface area contributed by atoms with Gasteiger partial charge in [0, 0.05) is 50.3 Å². The highest BCUT2D eigenvalue weighted by atomic mass is 16.4. The number of nitrogens with zero attached hydrogens (tertiary/aromatic N) is 3. The number of hydrogen-bond donors (Lipinski definition) is 1. The summed E-state index contributed by atoms with van der Waals surface area (Å²) in [5, 5.41) is 2.21. The van der Waals surface area contributed by atoms with Crippen LogP contribution in [-0.2, 0) is 16.1 Å². The van der Waals surface area contributed by atoms with E-state index in [9.17, 15) is 28.8 Å². The van der Waals surface area contributed by atoms with Crippen LogP contribution in [0.25, 0.3) is 0 Å². The van der Waals surface area contributed by atoms with Crippen LogP contribution >= 0.6 is 0 Å². The number of hydrogen-bond acceptors (Lipinski definition) is 9. The van der Waals surface area contributed by atoms with E-state index >= 15 is 0 Å². The number of nitrogens with one attached hydrogen (secondary N) is 1. The Hall–Kier alpha value is -4.74. The second-order valence-electron chi connectivity index (χ2n) is 11.4. The molecule has 11 nitrogen and oxygen atoms in total. The predicted octanol–water partition coefficient (Wildman–Crippen LogP) is 2.33. The molecule has 2 aromatic carbocycles. The zero-order chi connectivity index (χ0) is 30.0. The molecule has 4 aliphatic rings. The molecule has 2 atom stereocenters. The van der Waals surface area contributed by atoms with Crippen molar-refractivity contribution in [3.63, 3.8) is 0 Å². The van der Waals surface area contributed by atoms with E-state index in [1.54, 1.807) is 42.5 Å². The Bertz CT molecular complexity index is 1700. The topological polar surface area (TPSA) is 137 Å². The molecule has 3 aliphatic heterocycles. The Morgan fingerprint density at radius 3 is 2.23 bits per heavy atom. The Labute approximate surface area is 246 Å². The zero-order valence-electron chi connectivity index (χ0n) is 23.4. The smallest absolute Gasteiger partial charge is 0.262 e. The Balaban J connectivity index is 0.999. The summed E-state index contributed by atoms with van der Waals surface area (Å²) in [5.41, 5.74) is 2.48. The molecule has 4 heterocycles. The molecule has 7 rings (SSSR count). The maximum Gasteiger partial charge on any atom is 0.262 e. The molecule has 0 bridgehead atoms. The largest absolute Gasteiger partial charge is 0.455 e. The second kappa shape index (κ2) is 10.2. The highest BCUT2D eigenvalue weighted by Gasteiger charge is 2.44. The van der Waals surface area contributed by atoms with Crippen LogP contribution in [0.1, 0.15) is 89.9 Å². The van der Waals surface area contributed by atoms with Gasteiger partial charge in [0.2, 0.25) is 17.6 Å². The number of carbonyl (C=O) groups is 6. The lowest BCUT2D eigenvalue weighted by molar-refractivity contribution is -0.136. The summed E-state index contributed by atoms with van der Waals surface area (Å²) < 4.78 is 5.98. The predicted molar refractivity (Wildman–Crippen MR) is 150 cm³/mol. The van der Waals surface area contributed by atoms with Crippen LogP contribution in [0, 0.1) is 0 Å². The zero-order valence-corrected chi connectivity index (χ0v) is 23.4. The third kappa shape index (κ3) is 4.43. The lowest BCUT2D eigenvalue weighted by Gasteiger charge is -2.37. The molecule has 11 heteroatoms. The fourth-order valence-corrected chi connectivity index (χ4v) is 6.46. The molecule has 0 saturated carbocycles. The first kappa shape index (κ1) is 27.1. The van der Waals surface area contributed by atoms with Crippen molar-refractivity contribution in [3.05, 3.63) is 93.4 Å². The normalized spacial score (nSPS) is 21.5. The Kier molecular flexibility index (Phi) is 6.44. The van der Waals surface area contributed by atoms with Gasteiger partial charge in [-0.05, 0) is 37.1 Å². The van der Waals surface area contributed by atoms with E-state index < -0.39 is 29.7 Å². The summed E-state index contributed by atoms with van der Waals surface area (Å²) in [7, 11) is 0. The van der Waals surface area contributed by atoms with Gasteiger partial charge in [-0.1, -0.05) is 30.3 Å². The van der Waals surface area contributed by atoms with Crippen molar-refractivity contribution in [1.82, 2.24) is 20.0 Å². The van der Waals surface area contributed by atoms with Crippen molar-refractivity contribution < 1.29 is 33.2 Å². The number of piperazine rings is 1. The van der Waals surface area contributed by atoms with Gasteiger partial charge < -0.3 is 4.42 Å². The van der Waals surface area contributed by atoms with Gasteiger partial charge in [-0.25, -0.2) is 0 Å². The van der Waals surface area contributed by atoms with Crippen LogP contribution in [0.4, 0.5) is 0 Å². The molecule has 3 aromatic rings. The number of amides is 4. The first-order chi connectivity index (χ1) is 20.7. The fraction of sp³-hybridized carbons (Fsp3) is 0.312. The van der Waals surface area contributed by atoms with Gasteiger partial charge in [0.1, 0.15) is 11.8 Å². The number of ketones is 2. The lowest BCUT2D eigenvalue weighted by Crippen LogP contribution is -2.54. The number of carbonyl (C=O) groups excluding carboxylic acids is 6. The molecule has 2 fully saturated rings. The van der Waals surface area contributed by atoms with E-state index in [1.165, 1.54) is 0 Å². The number of piperidine rings is 1. The van der Waals surface area contributed by atoms with Crippen molar-refractivity contribution in [2.75, 3.05) is 26.2 Å². The maximum absolute atomic E-state index is 13.2. The van der Waals surface area contributed by atoms with Crippen molar-refractivity contribution >= 4 is 35.2 Å². The third-order valence-electron chi connectivity index (χ3n) is 8.90. The molecule has 2 unspecified atom stereocenters. The van der Waals surface area contributed by atoms with E-state index in [1.807, 2.05) is 13.0 Å². The minimum atomic E-state index is -0.991. The lowest BCUT2D eigenvalue weighted by atomic mass is 9.88. The summed E-state index contributed by atoms with van der Waals surface area (Å²) in [5.74, 6) is -1.87. The van der Waals surface area contributed by atoms with Gasteiger partial charge in [-0.2, -0.15) is 0 Å². The van der Waals surface area contributed by atoms with Gasteiger partial charge in [-0.15, -0.1) is 0 Å². The molecule has 4 amide bonds. The minimum Gasteiger partial charge on any atom is -0.455 e. The van der Waals surface area contributed by atoms with Crippen LogP contribution in [0.15, 0.2) is 52.9 Å². The number of imide groups is 2. The molecule has 2 saturated heterocycles. The maximum atomic E-state index is 13.2. The van der Waals surface area contributed by atoms with Crippen molar-refractivity contribution in [1.29, 1.82) is 0 Å². The summed E-state index contributed by atoms with van der Waals surface area (Å²) in [4.78, 5) is 81.5. The molecule has 43 heavy (non-hydrogen) atoms. The van der Waals surface area contributed by atoms with E-state index in [0.29, 0.717) is 29.0 Å². The number of furan rings is 1. The van der Waals surface area contributed by atoms with Crippen LogP contribution in [0.5, 0.6) is 0 Å². The summed E-state index contributed by atoms with van der Waals surface area (Å²) in [6, 6.07) is 12.5. The molecule has 218 valence electrons. The van der Waals surface area contributed by atoms with Crippen molar-refractivity contribution in [3.8, 4) is 0 Å². The Morgan fingerprint density at radius 2 is 1.51 bits per heavy atom. The van der Waals surface area contributed by atoms with Crippen molar-refractivity contribution in [2.45, 2.75) is 38.4 Å². The minimum absolute atomic E-state index is 0.0758. The molecule has 0 spiro atoms. The van der Waals surface area contributed by atoms with Crippen LogP contribution in [-0.4, -0.2) is 82.1 Å². The van der Waals surface area contributed by atoms with E-state index in [4.69, 9.17) is 4.42 Å². The van der Waals surface area contributed by atoms with Gasteiger partial charge in [0.15, 0.2) is 11.5 Å². The monoisotopic (exact) mass is 580 g/mol. The van der Waals surface area contributed by atoms with Gasteiger partial charge in [0.05, 0.1) is 22.7 Å². The molecule has 0 radical (unpaired) electrons. The average molecular weight is 581 g/mol. The van der Waals surface area contributed by atoms with Gasteiger partial charge in [-0.3, -0.25) is 48.8 Å². The first-order valence-electron chi connectivity index (χ1n) is 14.3. The molecule has 1 aliphatic carbocycles. The highest BCUT2D eigenvalue weighted by molar-refractivity contribution is 6.27. The number of benzene rings is 2. The average Bonchev–Trinajstić information content (AvgIpc) is 3.56. The third-order valence-corrected chi connectivity index (χ3v) is 8.90. The van der Waals surface area contributed by atoms with Crippen LogP contribution in [0.3, 0.4) is 0 Å². The second-order valence-corrected chi connectivity index (χ2v) is 11.4. The standard InChI is InChI=1S/C32H28N4O7/c1-17(25-15-23-27(38)19-4-2-3-5-20(19)28(39)29(23)43-25)35-12-10-34(11-13-35)16-18-6-7-21-22(14-18)32(42)36(31(21)41)24-8-9-26(37)33-30(24)40/h2-7,14-15,17,24H,8-13,16H2,1H3,(H,33,37,40). The van der Waals surface area contributed by atoms with Crippen LogP contribution in [0.2, 0.25) is 0 Å². The first-order valence-corrected chi connectivity index (χ1v) is 14.3. The molecule has 1 N–H and O–H groups in total. The quantitative estimate of drug-likeness (QED) is 0.353. The van der Waals surface area contributed by atoms with E-state index in [-0.39, 0.29) is 47.3 Å². The molecular formula is C32H28N4O7.